The van der Waals surface area contributed by atoms with Crippen molar-refractivity contribution in [3.05, 3.63) is 11.1 Å². The molecule has 3 heteroatoms. The number of hydrogen-bond acceptors (Lipinski definition) is 3. The second-order valence-electron chi connectivity index (χ2n) is 4.09. The zero-order chi connectivity index (χ0) is 10.1. The molecule has 2 N–H and O–H groups in total. The van der Waals surface area contributed by atoms with Crippen LogP contribution in [0.4, 0.5) is 0 Å². The largest absolute Gasteiger partial charge is 0.499 e. The molecule has 1 aromatic heterocycles. The van der Waals surface area contributed by atoms with Gasteiger partial charge in [0.05, 0.1) is 0 Å². The van der Waals surface area contributed by atoms with Gasteiger partial charge in [-0.05, 0) is 25.7 Å². The van der Waals surface area contributed by atoms with Crippen LogP contribution in [0.5, 0.6) is 10.1 Å². The summed E-state index contributed by atoms with van der Waals surface area (Å²) in [5.74, 6) is 0.473. The Labute approximate surface area is 88.2 Å². The van der Waals surface area contributed by atoms with E-state index in [9.17, 15) is 10.2 Å². The minimum Gasteiger partial charge on any atom is -0.499 e. The van der Waals surface area contributed by atoms with Crippen molar-refractivity contribution in [2.24, 2.45) is 0 Å². The third kappa shape index (κ3) is 1.61. The van der Waals surface area contributed by atoms with Crippen LogP contribution in [0.1, 0.15) is 49.1 Å². The van der Waals surface area contributed by atoms with Crippen LogP contribution in [0.3, 0.4) is 0 Å². The Morgan fingerprint density at radius 3 is 2.21 bits per heavy atom. The first-order chi connectivity index (χ1) is 6.70. The summed E-state index contributed by atoms with van der Waals surface area (Å²) in [6, 6.07) is 0. The maximum Gasteiger partial charge on any atom is 0.178 e. The highest BCUT2D eigenvalue weighted by atomic mass is 32.1. The summed E-state index contributed by atoms with van der Waals surface area (Å²) in [6.07, 6.45) is 6.13. The highest BCUT2D eigenvalue weighted by molar-refractivity contribution is 7.15. The third-order valence-electron chi connectivity index (χ3n) is 3.16. The maximum absolute atomic E-state index is 9.72. The van der Waals surface area contributed by atoms with Gasteiger partial charge in [0.1, 0.15) is 0 Å². The average Bonchev–Trinajstić information content (AvgIpc) is 2.43. The van der Waals surface area contributed by atoms with Crippen molar-refractivity contribution in [1.29, 1.82) is 0 Å². The summed E-state index contributed by atoms with van der Waals surface area (Å²) in [6.45, 7) is 1.90. The van der Waals surface area contributed by atoms with E-state index in [1.807, 2.05) is 6.92 Å². The fourth-order valence-corrected chi connectivity index (χ4v) is 3.25. The monoisotopic (exact) mass is 212 g/mol. The summed E-state index contributed by atoms with van der Waals surface area (Å²) >= 11 is 1.10. The fraction of sp³-hybridized carbons (Fsp3) is 0.636. The van der Waals surface area contributed by atoms with Gasteiger partial charge in [-0.1, -0.05) is 30.6 Å². The van der Waals surface area contributed by atoms with Crippen molar-refractivity contribution < 1.29 is 10.2 Å². The Morgan fingerprint density at radius 1 is 1.07 bits per heavy atom. The summed E-state index contributed by atoms with van der Waals surface area (Å²) in [5.41, 5.74) is 1.90. The minimum absolute atomic E-state index is 0.281. The predicted octanol–water partition coefficient (Wildman–Crippen LogP) is 3.52. The van der Waals surface area contributed by atoms with Gasteiger partial charge in [0.25, 0.3) is 0 Å². The molecule has 1 heterocycles. The molecule has 0 bridgehead atoms. The van der Waals surface area contributed by atoms with E-state index in [1.165, 1.54) is 19.3 Å². The first-order valence-electron chi connectivity index (χ1n) is 5.21. The number of rotatable bonds is 1. The molecule has 1 aliphatic rings. The molecule has 0 atom stereocenters. The number of aromatic hydroxyl groups is 2. The molecular formula is C11H16O2S. The Kier molecular flexibility index (Phi) is 2.68. The summed E-state index contributed by atoms with van der Waals surface area (Å²) in [4.78, 5) is 0. The van der Waals surface area contributed by atoms with Crippen LogP contribution in [-0.4, -0.2) is 10.2 Å². The van der Waals surface area contributed by atoms with E-state index in [1.54, 1.807) is 0 Å². The van der Waals surface area contributed by atoms with Gasteiger partial charge >= 0.3 is 0 Å². The van der Waals surface area contributed by atoms with Crippen LogP contribution < -0.4 is 0 Å². The molecule has 1 aliphatic carbocycles. The fourth-order valence-electron chi connectivity index (χ4n) is 2.37. The van der Waals surface area contributed by atoms with Crippen LogP contribution in [0.25, 0.3) is 0 Å². The molecule has 0 amide bonds. The predicted molar refractivity (Wildman–Crippen MR) is 58.2 cm³/mol. The molecule has 0 unspecified atom stereocenters. The molecule has 0 saturated heterocycles. The third-order valence-corrected chi connectivity index (χ3v) is 4.07. The van der Waals surface area contributed by atoms with Gasteiger partial charge in [-0.2, -0.15) is 0 Å². The van der Waals surface area contributed by atoms with Crippen LogP contribution >= 0.6 is 11.3 Å². The topological polar surface area (TPSA) is 40.5 Å². The maximum atomic E-state index is 9.72. The van der Waals surface area contributed by atoms with Crippen molar-refractivity contribution in [3.63, 3.8) is 0 Å². The van der Waals surface area contributed by atoms with Gasteiger partial charge in [0.15, 0.2) is 10.1 Å². The van der Waals surface area contributed by atoms with Crippen LogP contribution in [0.2, 0.25) is 0 Å². The first kappa shape index (κ1) is 9.84. The summed E-state index contributed by atoms with van der Waals surface area (Å²) in [7, 11) is 0. The normalized spacial score (nSPS) is 18.6. The lowest BCUT2D eigenvalue weighted by Gasteiger charge is -2.21. The molecule has 2 rings (SSSR count). The standard InChI is InChI=1S/C11H16O2S/c1-7-9(11(13)14-10(7)12)8-5-3-2-4-6-8/h8,12-13H,2-6H2,1H3. The Balaban J connectivity index is 2.29. The Bertz CT molecular complexity index is 324. The molecule has 0 radical (unpaired) electrons. The van der Waals surface area contributed by atoms with E-state index >= 15 is 0 Å². The molecule has 1 saturated carbocycles. The van der Waals surface area contributed by atoms with Crippen LogP contribution in [0.15, 0.2) is 0 Å². The van der Waals surface area contributed by atoms with E-state index in [-0.39, 0.29) is 5.06 Å². The molecule has 14 heavy (non-hydrogen) atoms. The van der Waals surface area contributed by atoms with Gasteiger partial charge < -0.3 is 10.2 Å². The van der Waals surface area contributed by atoms with Gasteiger partial charge in [-0.15, -0.1) is 0 Å². The van der Waals surface area contributed by atoms with Crippen molar-refractivity contribution in [2.45, 2.75) is 44.9 Å². The van der Waals surface area contributed by atoms with Gasteiger partial charge in [0, 0.05) is 11.1 Å². The van der Waals surface area contributed by atoms with Crippen molar-refractivity contribution in [2.75, 3.05) is 0 Å². The van der Waals surface area contributed by atoms with E-state index in [4.69, 9.17) is 0 Å². The number of thiophene rings is 1. The lowest BCUT2D eigenvalue weighted by atomic mass is 9.83. The van der Waals surface area contributed by atoms with Gasteiger partial charge in [-0.25, -0.2) is 0 Å². The summed E-state index contributed by atoms with van der Waals surface area (Å²) in [5, 5.41) is 19.8. The first-order valence-corrected chi connectivity index (χ1v) is 6.03. The molecular weight excluding hydrogens is 196 g/mol. The van der Waals surface area contributed by atoms with Crippen molar-refractivity contribution >= 4 is 11.3 Å². The quantitative estimate of drug-likeness (QED) is 0.747. The van der Waals surface area contributed by atoms with Crippen LogP contribution in [-0.2, 0) is 0 Å². The Morgan fingerprint density at radius 2 is 1.71 bits per heavy atom. The second-order valence-corrected chi connectivity index (χ2v) is 5.06. The van der Waals surface area contributed by atoms with Crippen molar-refractivity contribution in [1.82, 2.24) is 0 Å². The second kappa shape index (κ2) is 3.81. The van der Waals surface area contributed by atoms with E-state index in [0.717, 1.165) is 35.3 Å². The average molecular weight is 212 g/mol. The molecule has 0 aromatic carbocycles. The minimum atomic E-state index is 0.281. The van der Waals surface area contributed by atoms with Gasteiger partial charge in [-0.3, -0.25) is 0 Å². The highest BCUT2D eigenvalue weighted by Gasteiger charge is 2.24. The SMILES string of the molecule is Cc1c(O)sc(O)c1C1CCCCC1. The molecule has 0 aliphatic heterocycles. The lowest BCUT2D eigenvalue weighted by molar-refractivity contribution is 0.419. The summed E-state index contributed by atoms with van der Waals surface area (Å²) < 4.78 is 0. The van der Waals surface area contributed by atoms with Crippen molar-refractivity contribution in [3.8, 4) is 10.1 Å². The zero-order valence-electron chi connectivity index (χ0n) is 8.42. The van der Waals surface area contributed by atoms with E-state index in [2.05, 4.69) is 0 Å². The molecule has 78 valence electrons. The van der Waals surface area contributed by atoms with Gasteiger partial charge in [0.2, 0.25) is 0 Å². The number of hydrogen-bond donors (Lipinski definition) is 2. The molecule has 2 nitrogen and oxygen atoms in total. The van der Waals surface area contributed by atoms with E-state index < -0.39 is 0 Å². The highest BCUT2D eigenvalue weighted by Crippen LogP contribution is 2.47. The molecule has 1 fully saturated rings. The van der Waals surface area contributed by atoms with E-state index in [0.29, 0.717) is 11.0 Å². The Hall–Kier alpha value is -0.700. The smallest absolute Gasteiger partial charge is 0.178 e. The molecule has 1 aromatic rings. The zero-order valence-corrected chi connectivity index (χ0v) is 9.23. The molecule has 0 spiro atoms. The van der Waals surface area contributed by atoms with Crippen LogP contribution in [0, 0.1) is 6.92 Å². The lowest BCUT2D eigenvalue weighted by Crippen LogP contribution is -2.04.